The zero-order valence-corrected chi connectivity index (χ0v) is 24.4. The van der Waals surface area contributed by atoms with Crippen LogP contribution < -0.4 is 10.6 Å². The molecule has 41 heavy (non-hydrogen) atoms. The highest BCUT2D eigenvalue weighted by Gasteiger charge is 2.71. The van der Waals surface area contributed by atoms with Gasteiger partial charge in [-0.1, -0.05) is 11.6 Å². The SMILES string of the molecule is CN1CCN(CC23CC(C(=O)Nc4cc(Nc5cc(-c6cc(Cl)ccc6F)nnc5SCCO)ccn4)(C2)C3)CC1. The maximum absolute atomic E-state index is 14.5. The summed E-state index contributed by atoms with van der Waals surface area (Å²) in [6.45, 7) is 5.47. The van der Waals surface area contributed by atoms with E-state index in [2.05, 4.69) is 42.7 Å². The number of rotatable bonds is 10. The molecule has 3 aliphatic carbocycles. The minimum Gasteiger partial charge on any atom is -0.396 e. The standard InChI is InChI=1S/C29H33ClFN7O2S/c1-37-6-8-38(9-7-37)18-28-15-29(16-28,17-28)27(40)34-25-13-20(4-5-32-25)33-24-14-23(35-36-26(24)41-11-10-39)21-12-19(30)2-3-22(21)31/h2-5,12-14,39H,6-11,15-18H2,1H3,(H2,32,33,34,35,40). The number of nitrogens with zero attached hydrogens (tertiary/aromatic N) is 5. The van der Waals surface area contributed by atoms with Gasteiger partial charge in [0.25, 0.3) is 0 Å². The highest BCUT2D eigenvalue weighted by molar-refractivity contribution is 7.99. The molecule has 1 saturated heterocycles. The molecule has 4 fully saturated rings. The normalized spacial score (nSPS) is 23.9. The van der Waals surface area contributed by atoms with Gasteiger partial charge in [-0.15, -0.1) is 22.0 Å². The van der Waals surface area contributed by atoms with Crippen LogP contribution in [0.1, 0.15) is 19.3 Å². The number of carbonyl (C=O) groups is 1. The molecule has 7 rings (SSSR count). The minimum atomic E-state index is -0.460. The maximum atomic E-state index is 14.5. The Hall–Kier alpha value is -2.83. The van der Waals surface area contributed by atoms with E-state index in [1.54, 1.807) is 24.4 Å². The first-order chi connectivity index (χ1) is 19.8. The second-order valence-corrected chi connectivity index (χ2v) is 13.1. The Balaban J connectivity index is 1.13. The summed E-state index contributed by atoms with van der Waals surface area (Å²) in [4.78, 5) is 22.5. The molecule has 0 atom stereocenters. The van der Waals surface area contributed by atoms with E-state index in [9.17, 15) is 14.3 Å². The summed E-state index contributed by atoms with van der Waals surface area (Å²) in [5.74, 6) is 0.458. The van der Waals surface area contributed by atoms with Crippen molar-refractivity contribution >= 4 is 46.5 Å². The van der Waals surface area contributed by atoms with Crippen LogP contribution in [0.5, 0.6) is 0 Å². The van der Waals surface area contributed by atoms with Gasteiger partial charge in [0.2, 0.25) is 5.91 Å². The lowest BCUT2D eigenvalue weighted by Crippen LogP contribution is -2.70. The Labute approximate surface area is 247 Å². The number of halogens is 2. The molecule has 1 aromatic carbocycles. The van der Waals surface area contributed by atoms with Gasteiger partial charge in [-0.05, 0) is 62.1 Å². The third-order valence-corrected chi connectivity index (χ3v) is 9.55. The van der Waals surface area contributed by atoms with Crippen LogP contribution in [0.4, 0.5) is 21.6 Å². The Morgan fingerprint density at radius 2 is 1.90 bits per heavy atom. The van der Waals surface area contributed by atoms with Crippen molar-refractivity contribution < 1.29 is 14.3 Å². The summed E-state index contributed by atoms with van der Waals surface area (Å²) in [6.07, 6.45) is 4.44. The molecule has 3 saturated carbocycles. The van der Waals surface area contributed by atoms with Gasteiger partial charge in [0, 0.05) is 67.0 Å². The fraction of sp³-hybridized carbons (Fsp3) is 0.448. The van der Waals surface area contributed by atoms with Crippen molar-refractivity contribution in [2.75, 3.05) is 62.8 Å². The molecule has 2 bridgehead atoms. The largest absolute Gasteiger partial charge is 0.396 e. The first-order valence-corrected chi connectivity index (χ1v) is 15.2. The average molecular weight is 598 g/mol. The first-order valence-electron chi connectivity index (χ1n) is 13.8. The first kappa shape index (κ1) is 28.3. The van der Waals surface area contributed by atoms with Crippen LogP contribution in [0.2, 0.25) is 5.02 Å². The van der Waals surface area contributed by atoms with E-state index in [1.807, 2.05) is 0 Å². The number of anilines is 3. The molecule has 4 aliphatic rings. The average Bonchev–Trinajstić information content (AvgIpc) is 2.91. The molecule has 3 aromatic rings. The fourth-order valence-electron chi connectivity index (χ4n) is 6.41. The van der Waals surface area contributed by atoms with Crippen LogP contribution in [0.15, 0.2) is 47.6 Å². The third-order valence-electron chi connectivity index (χ3n) is 8.35. The van der Waals surface area contributed by atoms with Crippen LogP contribution in [0.3, 0.4) is 0 Å². The molecule has 9 nitrogen and oxygen atoms in total. The topological polar surface area (TPSA) is 107 Å². The number of aromatic nitrogens is 3. The molecule has 1 amide bonds. The monoisotopic (exact) mass is 597 g/mol. The summed E-state index contributed by atoms with van der Waals surface area (Å²) in [5, 5.41) is 25.1. The molecular formula is C29H33ClFN7O2S. The summed E-state index contributed by atoms with van der Waals surface area (Å²) in [7, 11) is 2.17. The zero-order valence-electron chi connectivity index (χ0n) is 22.9. The number of pyridine rings is 1. The number of carbonyl (C=O) groups excluding carboxylic acids is 1. The molecule has 0 unspecified atom stereocenters. The molecule has 3 N–H and O–H groups in total. The van der Waals surface area contributed by atoms with Crippen molar-refractivity contribution in [2.24, 2.45) is 10.8 Å². The van der Waals surface area contributed by atoms with Gasteiger partial charge < -0.3 is 25.5 Å². The highest BCUT2D eigenvalue weighted by atomic mass is 35.5. The lowest BCUT2D eigenvalue weighted by Gasteiger charge is -2.70. The van der Waals surface area contributed by atoms with E-state index in [-0.39, 0.29) is 23.5 Å². The number of hydrogen-bond acceptors (Lipinski definition) is 9. The number of likely N-dealkylation sites (N-methyl/N-ethyl adjacent to an activating group) is 1. The molecule has 12 heteroatoms. The molecule has 0 spiro atoms. The lowest BCUT2D eigenvalue weighted by atomic mass is 9.34. The second kappa shape index (κ2) is 11.4. The summed E-state index contributed by atoms with van der Waals surface area (Å²) < 4.78 is 14.5. The smallest absolute Gasteiger partial charge is 0.231 e. The number of thioether (sulfide) groups is 1. The van der Waals surface area contributed by atoms with Gasteiger partial charge in [0.15, 0.2) is 0 Å². The van der Waals surface area contributed by atoms with Crippen molar-refractivity contribution in [2.45, 2.75) is 24.3 Å². The number of aliphatic hydroxyl groups is 1. The molecule has 0 radical (unpaired) electrons. The molecule has 3 heterocycles. The van der Waals surface area contributed by atoms with Crippen molar-refractivity contribution in [1.29, 1.82) is 0 Å². The van der Waals surface area contributed by atoms with Crippen molar-refractivity contribution in [3.63, 3.8) is 0 Å². The van der Waals surface area contributed by atoms with Crippen LogP contribution in [-0.2, 0) is 4.79 Å². The van der Waals surface area contributed by atoms with E-state index in [1.165, 1.54) is 30.0 Å². The molecule has 1 aliphatic heterocycles. The van der Waals surface area contributed by atoms with E-state index in [0.29, 0.717) is 44.1 Å². The van der Waals surface area contributed by atoms with Gasteiger partial charge in [-0.2, -0.15) is 0 Å². The van der Waals surface area contributed by atoms with Crippen LogP contribution in [-0.4, -0.2) is 88.1 Å². The van der Waals surface area contributed by atoms with Gasteiger partial charge in [0.05, 0.1) is 23.4 Å². The Kier molecular flexibility index (Phi) is 7.90. The van der Waals surface area contributed by atoms with Gasteiger partial charge in [-0.25, -0.2) is 9.37 Å². The molecule has 2 aromatic heterocycles. The van der Waals surface area contributed by atoms with Gasteiger partial charge >= 0.3 is 0 Å². The van der Waals surface area contributed by atoms with Gasteiger partial charge in [0.1, 0.15) is 16.7 Å². The van der Waals surface area contributed by atoms with Crippen LogP contribution in [0, 0.1) is 16.6 Å². The highest BCUT2D eigenvalue weighted by Crippen LogP contribution is 2.73. The quantitative estimate of drug-likeness (QED) is 0.291. The number of aliphatic hydroxyl groups excluding tert-OH is 1. The number of benzene rings is 1. The van der Waals surface area contributed by atoms with E-state index >= 15 is 0 Å². The minimum absolute atomic E-state index is 0.0275. The van der Waals surface area contributed by atoms with Crippen LogP contribution in [0.25, 0.3) is 11.3 Å². The predicted octanol–water partition coefficient (Wildman–Crippen LogP) is 4.52. The Morgan fingerprint density at radius 3 is 2.66 bits per heavy atom. The van der Waals surface area contributed by atoms with E-state index in [0.717, 1.165) is 52.0 Å². The Morgan fingerprint density at radius 1 is 1.12 bits per heavy atom. The summed E-state index contributed by atoms with van der Waals surface area (Å²) in [6, 6.07) is 9.52. The molecule has 216 valence electrons. The van der Waals surface area contributed by atoms with E-state index in [4.69, 9.17) is 11.6 Å². The maximum Gasteiger partial charge on any atom is 0.231 e. The third kappa shape index (κ3) is 5.91. The number of amides is 1. The number of hydrogen-bond donors (Lipinski definition) is 3. The predicted molar refractivity (Wildman–Crippen MR) is 159 cm³/mol. The molecular weight excluding hydrogens is 565 g/mol. The summed E-state index contributed by atoms with van der Waals surface area (Å²) >= 11 is 7.42. The zero-order chi connectivity index (χ0) is 28.6. The lowest BCUT2D eigenvalue weighted by molar-refractivity contribution is -0.210. The van der Waals surface area contributed by atoms with E-state index < -0.39 is 5.82 Å². The number of piperazine rings is 1. The summed E-state index contributed by atoms with van der Waals surface area (Å²) in [5.41, 5.74) is 1.83. The van der Waals surface area contributed by atoms with Crippen molar-refractivity contribution in [3.05, 3.63) is 53.4 Å². The Bertz CT molecular complexity index is 1430. The fourth-order valence-corrected chi connectivity index (χ4v) is 7.23. The van der Waals surface area contributed by atoms with Crippen LogP contribution >= 0.6 is 23.4 Å². The van der Waals surface area contributed by atoms with Crippen molar-refractivity contribution in [1.82, 2.24) is 25.0 Å². The second-order valence-electron chi connectivity index (χ2n) is 11.5. The van der Waals surface area contributed by atoms with Crippen molar-refractivity contribution in [3.8, 4) is 11.3 Å². The number of nitrogens with one attached hydrogen (secondary N) is 2. The van der Waals surface area contributed by atoms with Gasteiger partial charge in [-0.3, -0.25) is 4.79 Å².